The average molecular weight is 407 g/mol. The van der Waals surface area contributed by atoms with Crippen LogP contribution in [0.3, 0.4) is 0 Å². The Morgan fingerprint density at radius 2 is 1.96 bits per heavy atom. The van der Waals surface area contributed by atoms with Gasteiger partial charge < -0.3 is 10.1 Å². The molecular formula is C18H19BrN2O4. The Labute approximate surface area is 154 Å². The number of carbonyl (C=O) groups excluding carboxylic acids is 1. The Morgan fingerprint density at radius 3 is 2.56 bits per heavy atom. The van der Waals surface area contributed by atoms with Crippen LogP contribution in [-0.2, 0) is 11.2 Å². The van der Waals surface area contributed by atoms with Crippen LogP contribution in [0.5, 0.6) is 5.75 Å². The number of nitrogens with one attached hydrogen (secondary N) is 1. The molecule has 0 fully saturated rings. The number of ether oxygens (including phenoxy) is 1. The van der Waals surface area contributed by atoms with Crippen LogP contribution in [-0.4, -0.2) is 17.4 Å². The summed E-state index contributed by atoms with van der Waals surface area (Å²) in [5.74, 6) is 0.621. The summed E-state index contributed by atoms with van der Waals surface area (Å²) in [4.78, 5) is 22.2. The number of nitro benzene ring substituents is 1. The fourth-order valence-corrected chi connectivity index (χ4v) is 2.64. The molecule has 0 heterocycles. The van der Waals surface area contributed by atoms with Crippen molar-refractivity contribution in [3.8, 4) is 5.75 Å². The smallest absolute Gasteiger partial charge is 0.270 e. The van der Waals surface area contributed by atoms with Crippen molar-refractivity contribution >= 4 is 33.2 Å². The SMILES string of the molecule is CCc1ccc(OCCCC(=O)Nc2ccc([N+](=O)[O-])cc2Br)cc1. The molecule has 0 aliphatic heterocycles. The molecule has 0 spiro atoms. The lowest BCUT2D eigenvalue weighted by molar-refractivity contribution is -0.384. The first-order valence-electron chi connectivity index (χ1n) is 7.95. The summed E-state index contributed by atoms with van der Waals surface area (Å²) in [6, 6.07) is 12.1. The number of aryl methyl sites for hydroxylation is 1. The second kappa shape index (κ2) is 9.17. The van der Waals surface area contributed by atoms with Crippen LogP contribution in [0.25, 0.3) is 0 Å². The summed E-state index contributed by atoms with van der Waals surface area (Å²) in [7, 11) is 0. The van der Waals surface area contributed by atoms with Crippen LogP contribution in [0.4, 0.5) is 11.4 Å². The van der Waals surface area contributed by atoms with Gasteiger partial charge in [-0.25, -0.2) is 0 Å². The van der Waals surface area contributed by atoms with E-state index in [1.807, 2.05) is 24.3 Å². The minimum absolute atomic E-state index is 0.0348. The fraction of sp³-hybridized carbons (Fsp3) is 0.278. The normalized spacial score (nSPS) is 10.3. The zero-order valence-corrected chi connectivity index (χ0v) is 15.4. The molecule has 25 heavy (non-hydrogen) atoms. The first-order valence-corrected chi connectivity index (χ1v) is 8.74. The Hall–Kier alpha value is -2.41. The molecule has 0 aliphatic carbocycles. The Morgan fingerprint density at radius 1 is 1.24 bits per heavy atom. The molecule has 1 N–H and O–H groups in total. The topological polar surface area (TPSA) is 81.5 Å². The lowest BCUT2D eigenvalue weighted by atomic mass is 10.2. The van der Waals surface area contributed by atoms with Crippen molar-refractivity contribution in [3.05, 3.63) is 62.6 Å². The van der Waals surface area contributed by atoms with Gasteiger partial charge in [-0.2, -0.15) is 0 Å². The van der Waals surface area contributed by atoms with Gasteiger partial charge in [-0.05, 0) is 52.5 Å². The third-order valence-corrected chi connectivity index (χ3v) is 4.24. The van der Waals surface area contributed by atoms with E-state index in [1.54, 1.807) is 0 Å². The van der Waals surface area contributed by atoms with E-state index < -0.39 is 4.92 Å². The number of benzene rings is 2. The summed E-state index contributed by atoms with van der Waals surface area (Å²) in [6.07, 6.45) is 1.86. The van der Waals surface area contributed by atoms with Gasteiger partial charge in [-0.1, -0.05) is 19.1 Å². The minimum Gasteiger partial charge on any atom is -0.494 e. The molecular weight excluding hydrogens is 388 g/mol. The third kappa shape index (κ3) is 5.86. The molecule has 0 unspecified atom stereocenters. The lowest BCUT2D eigenvalue weighted by Crippen LogP contribution is -2.13. The summed E-state index contributed by atoms with van der Waals surface area (Å²) in [5, 5.41) is 13.4. The number of hydrogen-bond donors (Lipinski definition) is 1. The summed E-state index contributed by atoms with van der Waals surface area (Å²) in [6.45, 7) is 2.54. The molecule has 2 rings (SSSR count). The second-order valence-electron chi connectivity index (χ2n) is 5.42. The maximum atomic E-state index is 12.0. The molecule has 7 heteroatoms. The summed E-state index contributed by atoms with van der Waals surface area (Å²) in [5.41, 5.74) is 1.72. The lowest BCUT2D eigenvalue weighted by Gasteiger charge is -2.09. The fourth-order valence-electron chi connectivity index (χ4n) is 2.18. The van der Waals surface area contributed by atoms with Gasteiger partial charge in [0.15, 0.2) is 0 Å². The van der Waals surface area contributed by atoms with Crippen molar-refractivity contribution in [1.29, 1.82) is 0 Å². The standard InChI is InChI=1S/C18H19BrN2O4/c1-2-13-5-8-15(9-6-13)25-11-3-4-18(22)20-17-10-7-14(21(23)24)12-16(17)19/h5-10,12H,2-4,11H2,1H3,(H,20,22). The van der Waals surface area contributed by atoms with Crippen LogP contribution in [0.15, 0.2) is 46.9 Å². The predicted molar refractivity (Wildman–Crippen MR) is 100.0 cm³/mol. The largest absolute Gasteiger partial charge is 0.494 e. The number of nitro groups is 1. The molecule has 0 atom stereocenters. The van der Waals surface area contributed by atoms with Gasteiger partial charge in [0.2, 0.25) is 5.91 Å². The number of carbonyl (C=O) groups is 1. The first kappa shape index (κ1) is 18.9. The van der Waals surface area contributed by atoms with Crippen LogP contribution < -0.4 is 10.1 Å². The number of non-ortho nitro benzene ring substituents is 1. The minimum atomic E-state index is -0.485. The van der Waals surface area contributed by atoms with E-state index in [0.29, 0.717) is 29.6 Å². The summed E-state index contributed by atoms with van der Waals surface area (Å²) < 4.78 is 6.08. The van der Waals surface area contributed by atoms with Crippen molar-refractivity contribution in [3.63, 3.8) is 0 Å². The molecule has 1 amide bonds. The number of amides is 1. The van der Waals surface area contributed by atoms with Crippen LogP contribution >= 0.6 is 15.9 Å². The van der Waals surface area contributed by atoms with E-state index in [9.17, 15) is 14.9 Å². The van der Waals surface area contributed by atoms with Crippen molar-refractivity contribution in [2.75, 3.05) is 11.9 Å². The highest BCUT2D eigenvalue weighted by Gasteiger charge is 2.11. The predicted octanol–water partition coefficient (Wildman–Crippen LogP) is 4.72. The molecule has 0 aromatic heterocycles. The number of nitrogens with zero attached hydrogens (tertiary/aromatic N) is 1. The van der Waals surface area contributed by atoms with Crippen LogP contribution in [0.1, 0.15) is 25.3 Å². The van der Waals surface area contributed by atoms with Gasteiger partial charge >= 0.3 is 0 Å². The van der Waals surface area contributed by atoms with Gasteiger partial charge in [0.25, 0.3) is 5.69 Å². The van der Waals surface area contributed by atoms with E-state index in [-0.39, 0.29) is 11.6 Å². The van der Waals surface area contributed by atoms with Crippen molar-refractivity contribution in [2.45, 2.75) is 26.2 Å². The molecule has 0 aliphatic rings. The monoisotopic (exact) mass is 406 g/mol. The Kier molecular flexibility index (Phi) is 6.94. The molecule has 132 valence electrons. The molecule has 6 nitrogen and oxygen atoms in total. The summed E-state index contributed by atoms with van der Waals surface area (Å²) >= 11 is 3.22. The Bertz CT molecular complexity index is 747. The number of rotatable bonds is 8. The maximum Gasteiger partial charge on any atom is 0.270 e. The van der Waals surface area contributed by atoms with E-state index in [0.717, 1.165) is 12.2 Å². The highest BCUT2D eigenvalue weighted by molar-refractivity contribution is 9.10. The van der Waals surface area contributed by atoms with Crippen molar-refractivity contribution in [1.82, 2.24) is 0 Å². The van der Waals surface area contributed by atoms with Crippen LogP contribution in [0, 0.1) is 10.1 Å². The zero-order valence-electron chi connectivity index (χ0n) is 13.8. The molecule has 2 aromatic carbocycles. The average Bonchev–Trinajstić information content (AvgIpc) is 2.61. The van der Waals surface area contributed by atoms with Crippen molar-refractivity contribution < 1.29 is 14.5 Å². The molecule has 0 saturated heterocycles. The zero-order chi connectivity index (χ0) is 18.2. The van der Waals surface area contributed by atoms with E-state index in [2.05, 4.69) is 28.2 Å². The van der Waals surface area contributed by atoms with E-state index in [1.165, 1.54) is 23.8 Å². The second-order valence-corrected chi connectivity index (χ2v) is 6.27. The van der Waals surface area contributed by atoms with Gasteiger partial charge in [-0.3, -0.25) is 14.9 Å². The number of halogens is 1. The van der Waals surface area contributed by atoms with Gasteiger partial charge in [-0.15, -0.1) is 0 Å². The highest BCUT2D eigenvalue weighted by atomic mass is 79.9. The van der Waals surface area contributed by atoms with E-state index >= 15 is 0 Å². The first-order chi connectivity index (χ1) is 12.0. The number of hydrogen-bond acceptors (Lipinski definition) is 4. The van der Waals surface area contributed by atoms with Crippen LogP contribution in [0.2, 0.25) is 0 Å². The third-order valence-electron chi connectivity index (χ3n) is 3.59. The molecule has 0 bridgehead atoms. The van der Waals surface area contributed by atoms with Gasteiger partial charge in [0.05, 0.1) is 17.2 Å². The molecule has 2 aromatic rings. The highest BCUT2D eigenvalue weighted by Crippen LogP contribution is 2.27. The van der Waals surface area contributed by atoms with Gasteiger partial charge in [0, 0.05) is 23.0 Å². The maximum absolute atomic E-state index is 12.0. The number of anilines is 1. The quantitative estimate of drug-likeness (QED) is 0.390. The Balaban J connectivity index is 1.76. The van der Waals surface area contributed by atoms with Gasteiger partial charge in [0.1, 0.15) is 5.75 Å². The van der Waals surface area contributed by atoms with E-state index in [4.69, 9.17) is 4.74 Å². The van der Waals surface area contributed by atoms with Crippen molar-refractivity contribution in [2.24, 2.45) is 0 Å². The molecule has 0 saturated carbocycles. The molecule has 0 radical (unpaired) electrons.